The molecule has 5 nitrogen and oxygen atoms in total. The summed E-state index contributed by atoms with van der Waals surface area (Å²) in [7, 11) is 1.58. The van der Waals surface area contributed by atoms with Gasteiger partial charge in [0, 0.05) is 10.7 Å². The number of aryl methyl sites for hydroxylation is 2. The van der Waals surface area contributed by atoms with Crippen LogP contribution in [0.25, 0.3) is 5.57 Å². The number of methoxy groups -OCH3 is 1. The molecule has 0 radical (unpaired) electrons. The van der Waals surface area contributed by atoms with E-state index < -0.39 is 11.8 Å². The second-order valence-corrected chi connectivity index (χ2v) is 7.78. The maximum absolute atomic E-state index is 13.5. The van der Waals surface area contributed by atoms with Crippen LogP contribution < -0.4 is 15.0 Å². The van der Waals surface area contributed by atoms with Crippen molar-refractivity contribution in [3.63, 3.8) is 0 Å². The molecule has 0 aromatic heterocycles. The topological polar surface area (TPSA) is 58.6 Å². The molecule has 156 valence electrons. The van der Waals surface area contributed by atoms with Gasteiger partial charge in [0.1, 0.15) is 11.4 Å². The molecule has 2 amide bonds. The first-order valence-corrected chi connectivity index (χ1v) is 10.1. The van der Waals surface area contributed by atoms with Crippen LogP contribution in [0.2, 0.25) is 5.02 Å². The summed E-state index contributed by atoms with van der Waals surface area (Å²) in [6, 6.07) is 19.8. The van der Waals surface area contributed by atoms with Gasteiger partial charge in [-0.25, -0.2) is 4.90 Å². The van der Waals surface area contributed by atoms with E-state index in [1.54, 1.807) is 49.6 Å². The van der Waals surface area contributed by atoms with E-state index in [9.17, 15) is 9.59 Å². The van der Waals surface area contributed by atoms with Crippen LogP contribution in [0.15, 0.2) is 72.4 Å². The van der Waals surface area contributed by atoms with E-state index in [1.807, 2.05) is 38.1 Å². The fourth-order valence-corrected chi connectivity index (χ4v) is 3.77. The number of carbonyl (C=O) groups excluding carboxylic acids is 2. The van der Waals surface area contributed by atoms with Crippen molar-refractivity contribution in [3.05, 3.63) is 94.1 Å². The highest BCUT2D eigenvalue weighted by Gasteiger charge is 2.40. The summed E-state index contributed by atoms with van der Waals surface area (Å²) >= 11 is 6.08. The van der Waals surface area contributed by atoms with E-state index in [1.165, 1.54) is 4.90 Å². The summed E-state index contributed by atoms with van der Waals surface area (Å²) in [6.07, 6.45) is 0. The fraction of sp³-hybridized carbons (Fsp3) is 0.120. The molecule has 1 heterocycles. The SMILES string of the molecule is COc1ccc(C2=C(Nc3ccc(C)cc3)C(=O)N(c3ccc(Cl)cc3C)C2=O)cc1. The van der Waals surface area contributed by atoms with Crippen LogP contribution in [-0.4, -0.2) is 18.9 Å². The molecule has 3 aromatic rings. The van der Waals surface area contributed by atoms with Crippen molar-refractivity contribution in [2.75, 3.05) is 17.3 Å². The van der Waals surface area contributed by atoms with Gasteiger partial charge >= 0.3 is 0 Å². The number of nitrogens with one attached hydrogen (secondary N) is 1. The van der Waals surface area contributed by atoms with Crippen LogP contribution in [-0.2, 0) is 9.59 Å². The van der Waals surface area contributed by atoms with Crippen LogP contribution >= 0.6 is 11.6 Å². The molecule has 31 heavy (non-hydrogen) atoms. The molecule has 0 fully saturated rings. The van der Waals surface area contributed by atoms with Crippen molar-refractivity contribution in [3.8, 4) is 5.75 Å². The average molecular weight is 433 g/mol. The molecule has 6 heteroatoms. The number of imide groups is 1. The standard InChI is InChI=1S/C25H21ClN2O3/c1-15-4-9-19(10-5-15)27-23-22(17-6-11-20(31-3)12-7-17)24(29)28(25(23)30)21-13-8-18(26)14-16(21)2/h4-14,27H,1-3H3. The first-order valence-electron chi connectivity index (χ1n) is 9.76. The Labute approximate surface area is 185 Å². The highest BCUT2D eigenvalue weighted by atomic mass is 35.5. The molecule has 0 aliphatic carbocycles. The molecule has 0 spiro atoms. The number of hydrogen-bond donors (Lipinski definition) is 1. The third kappa shape index (κ3) is 3.92. The van der Waals surface area contributed by atoms with E-state index in [0.29, 0.717) is 27.6 Å². The minimum absolute atomic E-state index is 0.230. The number of rotatable bonds is 5. The lowest BCUT2D eigenvalue weighted by Gasteiger charge is -2.18. The Hall–Kier alpha value is -3.57. The molecule has 0 atom stereocenters. The number of amides is 2. The Morgan fingerprint density at radius 1 is 0.871 bits per heavy atom. The van der Waals surface area contributed by atoms with E-state index in [2.05, 4.69) is 5.32 Å². The zero-order valence-electron chi connectivity index (χ0n) is 17.4. The monoisotopic (exact) mass is 432 g/mol. The van der Waals surface area contributed by atoms with Gasteiger partial charge in [-0.3, -0.25) is 9.59 Å². The average Bonchev–Trinajstić information content (AvgIpc) is 2.99. The second kappa shape index (κ2) is 8.28. The summed E-state index contributed by atoms with van der Waals surface area (Å²) in [5.74, 6) is -0.142. The smallest absolute Gasteiger partial charge is 0.282 e. The molecule has 0 saturated carbocycles. The lowest BCUT2D eigenvalue weighted by atomic mass is 10.0. The molecular weight excluding hydrogens is 412 g/mol. The summed E-state index contributed by atoms with van der Waals surface area (Å²) in [5.41, 5.74) is 4.23. The Bertz CT molecular complexity index is 1200. The van der Waals surface area contributed by atoms with Gasteiger partial charge in [0.2, 0.25) is 0 Å². The number of anilines is 2. The first-order chi connectivity index (χ1) is 14.9. The van der Waals surface area contributed by atoms with Gasteiger partial charge in [0.05, 0.1) is 18.4 Å². The predicted molar refractivity (Wildman–Crippen MR) is 123 cm³/mol. The zero-order chi connectivity index (χ0) is 22.1. The second-order valence-electron chi connectivity index (χ2n) is 7.35. The quantitative estimate of drug-likeness (QED) is 0.551. The number of carbonyl (C=O) groups is 2. The molecule has 0 unspecified atom stereocenters. The molecular formula is C25H21ClN2O3. The Kier molecular flexibility index (Phi) is 5.53. The first kappa shape index (κ1) is 20.7. The highest BCUT2D eigenvalue weighted by molar-refractivity contribution is 6.46. The normalized spacial score (nSPS) is 13.7. The predicted octanol–water partition coefficient (Wildman–Crippen LogP) is 5.36. The van der Waals surface area contributed by atoms with Crippen molar-refractivity contribution >= 4 is 40.4 Å². The van der Waals surface area contributed by atoms with Gasteiger partial charge in [-0.2, -0.15) is 0 Å². The minimum Gasteiger partial charge on any atom is -0.497 e. The zero-order valence-corrected chi connectivity index (χ0v) is 18.2. The van der Waals surface area contributed by atoms with Gasteiger partial charge in [0.15, 0.2) is 0 Å². The van der Waals surface area contributed by atoms with Crippen molar-refractivity contribution in [1.29, 1.82) is 0 Å². The summed E-state index contributed by atoms with van der Waals surface area (Å²) < 4.78 is 5.22. The molecule has 1 aliphatic heterocycles. The molecule has 0 bridgehead atoms. The third-order valence-corrected chi connectivity index (χ3v) is 5.42. The van der Waals surface area contributed by atoms with E-state index in [-0.39, 0.29) is 5.70 Å². The Balaban J connectivity index is 1.82. The minimum atomic E-state index is -0.415. The van der Waals surface area contributed by atoms with Crippen LogP contribution in [0.5, 0.6) is 5.75 Å². The number of hydrogen-bond acceptors (Lipinski definition) is 4. The van der Waals surface area contributed by atoms with Crippen molar-refractivity contribution in [1.82, 2.24) is 0 Å². The van der Waals surface area contributed by atoms with Crippen LogP contribution in [0, 0.1) is 13.8 Å². The molecule has 4 rings (SSSR count). The highest BCUT2D eigenvalue weighted by Crippen LogP contribution is 2.36. The van der Waals surface area contributed by atoms with Gasteiger partial charge in [-0.15, -0.1) is 0 Å². The Morgan fingerprint density at radius 3 is 2.16 bits per heavy atom. The lowest BCUT2D eigenvalue weighted by molar-refractivity contribution is -0.120. The van der Waals surface area contributed by atoms with Gasteiger partial charge < -0.3 is 10.1 Å². The van der Waals surface area contributed by atoms with Crippen LogP contribution in [0.3, 0.4) is 0 Å². The lowest BCUT2D eigenvalue weighted by Crippen LogP contribution is -2.33. The maximum atomic E-state index is 13.5. The maximum Gasteiger partial charge on any atom is 0.282 e. The summed E-state index contributed by atoms with van der Waals surface area (Å²) in [6.45, 7) is 3.81. The number of nitrogens with zero attached hydrogens (tertiary/aromatic N) is 1. The van der Waals surface area contributed by atoms with E-state index >= 15 is 0 Å². The molecule has 0 saturated heterocycles. The largest absolute Gasteiger partial charge is 0.497 e. The Morgan fingerprint density at radius 2 is 1.55 bits per heavy atom. The van der Waals surface area contributed by atoms with Crippen LogP contribution in [0.4, 0.5) is 11.4 Å². The van der Waals surface area contributed by atoms with Gasteiger partial charge in [0.25, 0.3) is 11.8 Å². The molecule has 1 aliphatic rings. The van der Waals surface area contributed by atoms with Crippen molar-refractivity contribution in [2.24, 2.45) is 0 Å². The van der Waals surface area contributed by atoms with Gasteiger partial charge in [-0.05, 0) is 67.4 Å². The number of benzene rings is 3. The third-order valence-electron chi connectivity index (χ3n) is 5.18. The molecule has 1 N–H and O–H groups in total. The number of ether oxygens (including phenoxy) is 1. The number of halogens is 1. The van der Waals surface area contributed by atoms with Gasteiger partial charge in [-0.1, -0.05) is 41.4 Å². The van der Waals surface area contributed by atoms with E-state index in [4.69, 9.17) is 16.3 Å². The summed E-state index contributed by atoms with van der Waals surface area (Å²) in [5, 5.41) is 3.71. The van der Waals surface area contributed by atoms with Crippen molar-refractivity contribution < 1.29 is 14.3 Å². The summed E-state index contributed by atoms with van der Waals surface area (Å²) in [4.78, 5) is 28.2. The fourth-order valence-electron chi connectivity index (χ4n) is 3.54. The van der Waals surface area contributed by atoms with Crippen molar-refractivity contribution in [2.45, 2.75) is 13.8 Å². The van der Waals surface area contributed by atoms with E-state index in [0.717, 1.165) is 16.8 Å². The molecule has 3 aromatic carbocycles. The van der Waals surface area contributed by atoms with Crippen LogP contribution in [0.1, 0.15) is 16.7 Å².